The average Bonchev–Trinajstić information content (AvgIpc) is 3.50. The summed E-state index contributed by atoms with van der Waals surface area (Å²) in [6.07, 6.45) is 1.74. The van der Waals surface area contributed by atoms with Crippen LogP contribution in [0.25, 0.3) is 22.3 Å². The second kappa shape index (κ2) is 10.2. The van der Waals surface area contributed by atoms with Crippen molar-refractivity contribution in [2.45, 2.75) is 58.3 Å². The lowest BCUT2D eigenvalue weighted by Gasteiger charge is -2.24. The smallest absolute Gasteiger partial charge is 0.224 e. The Kier molecular flexibility index (Phi) is 7.00. The van der Waals surface area contributed by atoms with Crippen LogP contribution in [0.4, 0.5) is 11.8 Å². The lowest BCUT2D eigenvalue weighted by Crippen LogP contribution is -2.37. The molecular weight excluding hydrogens is 462 g/mol. The summed E-state index contributed by atoms with van der Waals surface area (Å²) in [5.74, 6) is 2.70. The summed E-state index contributed by atoms with van der Waals surface area (Å²) in [6.45, 7) is 7.01. The number of aromatic nitrogens is 3. The summed E-state index contributed by atoms with van der Waals surface area (Å²) in [7, 11) is 1.57. The quantitative estimate of drug-likeness (QED) is 0.330. The molecule has 0 aromatic carbocycles. The lowest BCUT2D eigenvalue weighted by atomic mass is 10.1. The number of anilines is 2. The highest BCUT2D eigenvalue weighted by molar-refractivity contribution is 5.88. The van der Waals surface area contributed by atoms with E-state index in [9.17, 15) is 10.2 Å². The topological polar surface area (TPSA) is 135 Å². The van der Waals surface area contributed by atoms with Gasteiger partial charge in [0.25, 0.3) is 0 Å². The van der Waals surface area contributed by atoms with Crippen molar-refractivity contribution >= 4 is 22.7 Å². The third kappa shape index (κ3) is 4.85. The van der Waals surface area contributed by atoms with Crippen LogP contribution in [0.2, 0.25) is 0 Å². The highest BCUT2D eigenvalue weighted by Crippen LogP contribution is 2.39. The Hall–Kier alpha value is -2.95. The number of pyridine rings is 1. The van der Waals surface area contributed by atoms with Crippen molar-refractivity contribution in [3.05, 3.63) is 23.5 Å². The maximum Gasteiger partial charge on any atom is 0.224 e. The zero-order valence-corrected chi connectivity index (χ0v) is 21.2. The molecule has 36 heavy (non-hydrogen) atoms. The molecule has 0 saturated heterocycles. The zero-order valence-electron chi connectivity index (χ0n) is 21.2. The monoisotopic (exact) mass is 497 g/mol. The summed E-state index contributed by atoms with van der Waals surface area (Å²) in [4.78, 5) is 14.0. The molecular formula is C26H35N5O5. The number of aliphatic hydroxyl groups is 2. The molecule has 2 saturated carbocycles. The Morgan fingerprint density at radius 2 is 1.94 bits per heavy atom. The number of nitrogens with one attached hydrogen (secondary N) is 2. The SMILES string of the molecule is CCOc1cc2cc(-c3c(C)nc(NCC4CC4)nc3NC3CC(CO)C(O)C3OC)oc2c(C)n1. The molecule has 0 spiro atoms. The Labute approximate surface area is 210 Å². The van der Waals surface area contributed by atoms with E-state index >= 15 is 0 Å². The fourth-order valence-corrected chi connectivity index (χ4v) is 5.04. The Balaban J connectivity index is 1.55. The van der Waals surface area contributed by atoms with Crippen LogP contribution in [0, 0.1) is 25.7 Å². The van der Waals surface area contributed by atoms with Gasteiger partial charge in [-0.05, 0) is 52.0 Å². The van der Waals surface area contributed by atoms with Crippen molar-refractivity contribution in [1.82, 2.24) is 15.0 Å². The molecule has 3 aromatic rings. The van der Waals surface area contributed by atoms with Gasteiger partial charge in [-0.1, -0.05) is 0 Å². The molecule has 194 valence electrons. The van der Waals surface area contributed by atoms with E-state index < -0.39 is 12.2 Å². The molecule has 0 amide bonds. The molecule has 4 N–H and O–H groups in total. The lowest BCUT2D eigenvalue weighted by molar-refractivity contribution is -0.0200. The highest BCUT2D eigenvalue weighted by atomic mass is 16.5. The third-order valence-corrected chi connectivity index (χ3v) is 7.12. The highest BCUT2D eigenvalue weighted by Gasteiger charge is 2.43. The molecule has 3 aromatic heterocycles. The van der Waals surface area contributed by atoms with Crippen LogP contribution in [0.5, 0.6) is 5.88 Å². The number of hydrogen-bond acceptors (Lipinski definition) is 10. The van der Waals surface area contributed by atoms with Gasteiger partial charge in [-0.25, -0.2) is 9.97 Å². The van der Waals surface area contributed by atoms with Crippen LogP contribution in [0.15, 0.2) is 16.5 Å². The molecule has 2 aliphatic carbocycles. The van der Waals surface area contributed by atoms with Crippen molar-refractivity contribution in [3.8, 4) is 17.2 Å². The average molecular weight is 498 g/mol. The summed E-state index contributed by atoms with van der Waals surface area (Å²) >= 11 is 0. The molecule has 5 rings (SSSR count). The van der Waals surface area contributed by atoms with E-state index in [0.717, 1.165) is 28.9 Å². The first kappa shape index (κ1) is 24.7. The predicted octanol–water partition coefficient (Wildman–Crippen LogP) is 3.29. The van der Waals surface area contributed by atoms with Crippen LogP contribution in [0.1, 0.15) is 37.6 Å². The molecule has 4 atom stereocenters. The molecule has 0 bridgehead atoms. The maximum absolute atomic E-state index is 10.6. The van der Waals surface area contributed by atoms with E-state index in [1.807, 2.05) is 32.9 Å². The maximum atomic E-state index is 10.6. The molecule has 10 heteroatoms. The van der Waals surface area contributed by atoms with Gasteiger partial charge in [-0.15, -0.1) is 0 Å². The van der Waals surface area contributed by atoms with E-state index in [0.29, 0.717) is 47.9 Å². The normalized spacial score (nSPS) is 23.8. The molecule has 2 fully saturated rings. The number of rotatable bonds is 10. The van der Waals surface area contributed by atoms with Gasteiger partial charge in [0.15, 0.2) is 5.58 Å². The van der Waals surface area contributed by atoms with E-state index in [4.69, 9.17) is 23.9 Å². The van der Waals surface area contributed by atoms with Gasteiger partial charge >= 0.3 is 0 Å². The standard InChI is InChI=1S/C26H35N5O5/c1-5-35-20-10-16-9-19(36-23(16)14(3)28-20)21-13(2)29-26(27-11-15-6-7-15)31-25(21)30-18-8-17(12-32)22(33)24(18)34-4/h9-10,15,17-18,22,24,32-33H,5-8,11-12H2,1-4H3,(H2,27,29,30,31). The number of methoxy groups -OCH3 is 1. The van der Waals surface area contributed by atoms with E-state index in [1.54, 1.807) is 7.11 Å². The van der Waals surface area contributed by atoms with Gasteiger partial charge in [-0.2, -0.15) is 4.98 Å². The van der Waals surface area contributed by atoms with Crippen LogP contribution in [-0.4, -0.2) is 70.3 Å². The van der Waals surface area contributed by atoms with Crippen LogP contribution in [0.3, 0.4) is 0 Å². The van der Waals surface area contributed by atoms with Crippen molar-refractivity contribution in [2.24, 2.45) is 11.8 Å². The van der Waals surface area contributed by atoms with E-state index in [-0.39, 0.29) is 18.6 Å². The number of nitrogens with zero attached hydrogens (tertiary/aromatic N) is 3. The number of ether oxygens (including phenoxy) is 2. The first-order valence-electron chi connectivity index (χ1n) is 12.7. The first-order valence-corrected chi connectivity index (χ1v) is 12.7. The first-order chi connectivity index (χ1) is 17.4. The van der Waals surface area contributed by atoms with Gasteiger partial charge in [-0.3, -0.25) is 0 Å². The number of aryl methyl sites for hydroxylation is 2. The van der Waals surface area contributed by atoms with Crippen molar-refractivity contribution in [3.63, 3.8) is 0 Å². The molecule has 3 heterocycles. The van der Waals surface area contributed by atoms with Gasteiger partial charge in [0.1, 0.15) is 17.7 Å². The molecule has 0 aliphatic heterocycles. The third-order valence-electron chi connectivity index (χ3n) is 7.12. The minimum Gasteiger partial charge on any atom is -0.478 e. The Bertz CT molecular complexity index is 1230. The van der Waals surface area contributed by atoms with Crippen LogP contribution < -0.4 is 15.4 Å². The zero-order chi connectivity index (χ0) is 25.4. The fourth-order valence-electron chi connectivity index (χ4n) is 5.04. The van der Waals surface area contributed by atoms with Crippen LogP contribution in [-0.2, 0) is 4.74 Å². The predicted molar refractivity (Wildman–Crippen MR) is 136 cm³/mol. The summed E-state index contributed by atoms with van der Waals surface area (Å²) in [5, 5.41) is 28.1. The minimum absolute atomic E-state index is 0.110. The van der Waals surface area contributed by atoms with Crippen molar-refractivity contribution in [1.29, 1.82) is 0 Å². The van der Waals surface area contributed by atoms with E-state index in [1.165, 1.54) is 12.8 Å². The molecule has 4 unspecified atom stereocenters. The Morgan fingerprint density at radius 3 is 2.64 bits per heavy atom. The van der Waals surface area contributed by atoms with Gasteiger partial charge in [0.2, 0.25) is 11.8 Å². The summed E-state index contributed by atoms with van der Waals surface area (Å²) in [5.41, 5.74) is 2.91. The summed E-state index contributed by atoms with van der Waals surface area (Å²) < 4.78 is 17.5. The van der Waals surface area contributed by atoms with Gasteiger partial charge < -0.3 is 34.7 Å². The second-order valence-electron chi connectivity index (χ2n) is 9.81. The molecule has 10 nitrogen and oxygen atoms in total. The minimum atomic E-state index is -0.770. The van der Waals surface area contributed by atoms with Crippen molar-refractivity contribution in [2.75, 3.05) is 37.5 Å². The molecule has 0 radical (unpaired) electrons. The van der Waals surface area contributed by atoms with Crippen molar-refractivity contribution < 1.29 is 24.1 Å². The fraction of sp³-hybridized carbons (Fsp3) is 0.577. The Morgan fingerprint density at radius 1 is 1.14 bits per heavy atom. The van der Waals surface area contributed by atoms with Crippen LogP contribution >= 0.6 is 0 Å². The number of hydrogen-bond donors (Lipinski definition) is 4. The summed E-state index contributed by atoms with van der Waals surface area (Å²) in [6, 6.07) is 3.58. The number of furan rings is 1. The number of fused-ring (bicyclic) bond motifs is 1. The van der Waals surface area contributed by atoms with E-state index in [2.05, 4.69) is 15.6 Å². The number of aliphatic hydroxyl groups excluding tert-OH is 2. The second-order valence-corrected chi connectivity index (χ2v) is 9.81. The van der Waals surface area contributed by atoms with Gasteiger partial charge in [0, 0.05) is 37.6 Å². The van der Waals surface area contributed by atoms with Gasteiger partial charge in [0.05, 0.1) is 35.7 Å². The molecule has 2 aliphatic rings. The largest absolute Gasteiger partial charge is 0.478 e.